The van der Waals surface area contributed by atoms with Crippen molar-refractivity contribution in [3.8, 4) is 0 Å². The van der Waals surface area contributed by atoms with Crippen LogP contribution in [0.5, 0.6) is 0 Å². The van der Waals surface area contributed by atoms with Crippen molar-refractivity contribution in [3.05, 3.63) is 52.0 Å². The van der Waals surface area contributed by atoms with Gasteiger partial charge in [0.1, 0.15) is 11.5 Å². The first-order valence-electron chi connectivity index (χ1n) is 7.73. The van der Waals surface area contributed by atoms with E-state index in [1.807, 2.05) is 43.7 Å². The van der Waals surface area contributed by atoms with Gasteiger partial charge in [0.25, 0.3) is 0 Å². The number of fused-ring (bicyclic) bond motifs is 1. The molecule has 126 valence electrons. The molecule has 0 aliphatic heterocycles. The Morgan fingerprint density at radius 1 is 1.29 bits per heavy atom. The van der Waals surface area contributed by atoms with Crippen molar-refractivity contribution in [2.24, 2.45) is 0 Å². The summed E-state index contributed by atoms with van der Waals surface area (Å²) >= 11 is 1.71. The number of urea groups is 1. The third-order valence-electron chi connectivity index (χ3n) is 3.59. The number of carbonyl (C=O) groups is 1. The highest BCUT2D eigenvalue weighted by molar-refractivity contribution is 7.11. The monoisotopic (exact) mass is 343 g/mol. The number of nitrogens with one attached hydrogen (secondary N) is 2. The summed E-state index contributed by atoms with van der Waals surface area (Å²) in [5.74, 6) is 0.658. The highest BCUT2D eigenvalue weighted by atomic mass is 32.1. The maximum atomic E-state index is 12.1. The largest absolute Gasteiger partial charge is 0.333 e. The lowest BCUT2D eigenvalue weighted by Gasteiger charge is -2.07. The number of imidazole rings is 1. The maximum Gasteiger partial charge on any atom is 0.320 e. The number of carbonyl (C=O) groups excluding carboxylic acids is 1. The first-order chi connectivity index (χ1) is 11.5. The molecular weight excluding hydrogens is 322 g/mol. The second-order valence-electron chi connectivity index (χ2n) is 5.94. The Kier molecular flexibility index (Phi) is 4.82. The van der Waals surface area contributed by atoms with Gasteiger partial charge in [-0.1, -0.05) is 6.07 Å². The number of hydrogen-bond acceptors (Lipinski definition) is 4. The average Bonchev–Trinajstić information content (AvgIpc) is 3.13. The van der Waals surface area contributed by atoms with Gasteiger partial charge >= 0.3 is 6.03 Å². The van der Waals surface area contributed by atoms with Crippen molar-refractivity contribution in [3.63, 3.8) is 0 Å². The minimum atomic E-state index is -0.235. The van der Waals surface area contributed by atoms with E-state index in [9.17, 15) is 4.79 Å². The molecule has 0 aliphatic carbocycles. The Hall–Kier alpha value is -2.38. The van der Waals surface area contributed by atoms with Crippen LogP contribution in [0.3, 0.4) is 0 Å². The van der Waals surface area contributed by atoms with E-state index in [1.165, 1.54) is 4.88 Å². The smallest absolute Gasteiger partial charge is 0.320 e. The van der Waals surface area contributed by atoms with Gasteiger partial charge in [0, 0.05) is 22.5 Å². The van der Waals surface area contributed by atoms with Gasteiger partial charge < -0.3 is 10.2 Å². The molecule has 0 aromatic carbocycles. The summed E-state index contributed by atoms with van der Waals surface area (Å²) in [4.78, 5) is 21.0. The Labute approximate surface area is 145 Å². The summed E-state index contributed by atoms with van der Waals surface area (Å²) in [6.07, 6.45) is 3.56. The number of aromatic nitrogens is 2. The number of amides is 2. The summed E-state index contributed by atoms with van der Waals surface area (Å²) in [5.41, 5.74) is 1.91. The van der Waals surface area contributed by atoms with Gasteiger partial charge in [0.05, 0.1) is 12.7 Å². The predicted octanol–water partition coefficient (Wildman–Crippen LogP) is 3.09. The molecule has 0 fully saturated rings. The summed E-state index contributed by atoms with van der Waals surface area (Å²) in [6, 6.07) is 7.86. The molecule has 0 radical (unpaired) electrons. The minimum absolute atomic E-state index is 0.235. The molecule has 7 heteroatoms. The molecule has 24 heavy (non-hydrogen) atoms. The van der Waals surface area contributed by atoms with Crippen molar-refractivity contribution in [1.82, 2.24) is 19.6 Å². The fourth-order valence-corrected chi connectivity index (χ4v) is 3.56. The quantitative estimate of drug-likeness (QED) is 0.748. The van der Waals surface area contributed by atoms with Crippen molar-refractivity contribution < 1.29 is 4.79 Å². The van der Waals surface area contributed by atoms with E-state index in [-0.39, 0.29) is 6.03 Å². The van der Waals surface area contributed by atoms with Crippen LogP contribution in [-0.4, -0.2) is 34.4 Å². The molecule has 3 aromatic rings. The SMILES string of the molecule is Cc1cccn2c(NC(=O)NCc3ccc(CN(C)C)s3)cnc12. The van der Waals surface area contributed by atoms with Gasteiger partial charge in [-0.05, 0) is 44.8 Å². The van der Waals surface area contributed by atoms with Gasteiger partial charge in [0.2, 0.25) is 0 Å². The zero-order valence-corrected chi connectivity index (χ0v) is 14.9. The number of pyridine rings is 1. The summed E-state index contributed by atoms with van der Waals surface area (Å²) in [5, 5.41) is 5.74. The second-order valence-corrected chi connectivity index (χ2v) is 7.19. The third-order valence-corrected chi connectivity index (χ3v) is 4.66. The Bertz CT molecular complexity index is 852. The van der Waals surface area contributed by atoms with Crippen LogP contribution in [-0.2, 0) is 13.1 Å². The lowest BCUT2D eigenvalue weighted by atomic mass is 10.3. The number of hydrogen-bond donors (Lipinski definition) is 2. The molecule has 0 bridgehead atoms. The molecule has 0 aliphatic rings. The lowest BCUT2D eigenvalue weighted by molar-refractivity contribution is 0.251. The standard InChI is InChI=1S/C17H21N5OS/c1-12-5-4-8-22-15(10-18-16(12)22)20-17(23)19-9-13-6-7-14(24-13)11-21(2)3/h4-8,10H,9,11H2,1-3H3,(H2,19,20,23). The van der Waals surface area contributed by atoms with Crippen molar-refractivity contribution >= 4 is 28.8 Å². The second kappa shape index (κ2) is 7.02. The summed E-state index contributed by atoms with van der Waals surface area (Å²) in [7, 11) is 4.09. The van der Waals surface area contributed by atoms with Crippen LogP contribution in [0.15, 0.2) is 36.7 Å². The van der Waals surface area contributed by atoms with E-state index in [0.29, 0.717) is 12.4 Å². The normalized spacial score (nSPS) is 11.2. The minimum Gasteiger partial charge on any atom is -0.333 e. The van der Waals surface area contributed by atoms with Gasteiger partial charge in [-0.15, -0.1) is 11.3 Å². The number of nitrogens with zero attached hydrogens (tertiary/aromatic N) is 3. The Balaban J connectivity index is 1.59. The summed E-state index contributed by atoms with van der Waals surface area (Å²) < 4.78 is 1.87. The van der Waals surface area contributed by atoms with E-state index in [0.717, 1.165) is 22.6 Å². The van der Waals surface area contributed by atoms with Crippen LogP contribution in [0.1, 0.15) is 15.3 Å². The molecule has 0 saturated heterocycles. The van der Waals surface area contributed by atoms with Crippen LogP contribution in [0.4, 0.5) is 10.6 Å². The highest BCUT2D eigenvalue weighted by Gasteiger charge is 2.09. The van der Waals surface area contributed by atoms with Crippen LogP contribution < -0.4 is 10.6 Å². The molecular formula is C17H21N5OS. The number of rotatable bonds is 5. The number of aryl methyl sites for hydroxylation is 1. The maximum absolute atomic E-state index is 12.1. The van der Waals surface area contributed by atoms with E-state index < -0.39 is 0 Å². The average molecular weight is 343 g/mol. The first kappa shape index (κ1) is 16.5. The van der Waals surface area contributed by atoms with E-state index in [1.54, 1.807) is 17.5 Å². The molecule has 2 amide bonds. The van der Waals surface area contributed by atoms with Crippen LogP contribution >= 0.6 is 11.3 Å². The van der Waals surface area contributed by atoms with Gasteiger partial charge in [-0.2, -0.15) is 0 Å². The summed E-state index contributed by atoms with van der Waals surface area (Å²) in [6.45, 7) is 3.42. The molecule has 3 rings (SSSR count). The predicted molar refractivity (Wildman–Crippen MR) is 97.5 cm³/mol. The molecule has 6 nitrogen and oxygen atoms in total. The van der Waals surface area contributed by atoms with Crippen LogP contribution in [0.25, 0.3) is 5.65 Å². The van der Waals surface area contributed by atoms with Crippen molar-refractivity contribution in [2.45, 2.75) is 20.0 Å². The molecule has 3 heterocycles. The fraction of sp³-hybridized carbons (Fsp3) is 0.294. The number of thiophene rings is 1. The number of anilines is 1. The van der Waals surface area contributed by atoms with Crippen LogP contribution in [0.2, 0.25) is 0 Å². The third kappa shape index (κ3) is 3.74. The molecule has 0 atom stereocenters. The molecule has 0 spiro atoms. The van der Waals surface area contributed by atoms with Gasteiger partial charge in [-0.25, -0.2) is 9.78 Å². The first-order valence-corrected chi connectivity index (χ1v) is 8.54. The molecule has 2 N–H and O–H groups in total. The highest BCUT2D eigenvalue weighted by Crippen LogP contribution is 2.18. The Morgan fingerprint density at radius 3 is 2.88 bits per heavy atom. The molecule has 3 aromatic heterocycles. The fourth-order valence-electron chi connectivity index (χ4n) is 2.49. The van der Waals surface area contributed by atoms with Crippen LogP contribution in [0, 0.1) is 6.92 Å². The zero-order chi connectivity index (χ0) is 17.1. The topological polar surface area (TPSA) is 61.7 Å². The van der Waals surface area contributed by atoms with Gasteiger partial charge in [0.15, 0.2) is 0 Å². The van der Waals surface area contributed by atoms with Crippen molar-refractivity contribution in [2.75, 3.05) is 19.4 Å². The van der Waals surface area contributed by atoms with E-state index in [4.69, 9.17) is 0 Å². The lowest BCUT2D eigenvalue weighted by Crippen LogP contribution is -2.28. The van der Waals surface area contributed by atoms with Gasteiger partial charge in [-0.3, -0.25) is 9.72 Å². The molecule has 0 unspecified atom stereocenters. The molecule has 0 saturated carbocycles. The van der Waals surface area contributed by atoms with E-state index >= 15 is 0 Å². The zero-order valence-electron chi connectivity index (χ0n) is 14.0. The van der Waals surface area contributed by atoms with Crippen molar-refractivity contribution in [1.29, 1.82) is 0 Å². The Morgan fingerprint density at radius 2 is 2.08 bits per heavy atom. The van der Waals surface area contributed by atoms with E-state index in [2.05, 4.69) is 32.7 Å².